The van der Waals surface area contributed by atoms with Gasteiger partial charge >= 0.3 is 0 Å². The predicted molar refractivity (Wildman–Crippen MR) is 185 cm³/mol. The summed E-state index contributed by atoms with van der Waals surface area (Å²) in [5.41, 5.74) is 2.65. The molecule has 0 saturated heterocycles. The molecule has 4 heteroatoms. The van der Waals surface area contributed by atoms with Gasteiger partial charge in [-0.2, -0.15) is 0 Å². The molecule has 0 aliphatic carbocycles. The number of ether oxygens (including phenoxy) is 2. The molecule has 8 aromatic carbocycles. The van der Waals surface area contributed by atoms with E-state index in [2.05, 4.69) is 120 Å². The van der Waals surface area contributed by atoms with Crippen molar-refractivity contribution in [2.24, 2.45) is 0 Å². The molecule has 0 saturated carbocycles. The first-order valence-electron chi connectivity index (χ1n) is 15.7. The summed E-state index contributed by atoms with van der Waals surface area (Å²) in [6, 6.07) is 40.1. The van der Waals surface area contributed by atoms with Crippen LogP contribution in [0.4, 0.5) is 0 Å². The quantitative estimate of drug-likeness (QED) is 0.107. The third kappa shape index (κ3) is 5.00. The molecule has 0 atom stereocenters. The molecule has 44 heavy (non-hydrogen) atoms. The molecule has 0 aliphatic rings. The van der Waals surface area contributed by atoms with Gasteiger partial charge in [0.2, 0.25) is 0 Å². The molecule has 0 radical (unpaired) electrons. The summed E-state index contributed by atoms with van der Waals surface area (Å²) in [7, 11) is 0. The van der Waals surface area contributed by atoms with Crippen LogP contribution in [0.5, 0.6) is 0 Å². The minimum Gasteiger partial charge on any atom is -0.378 e. The molecule has 0 fully saturated rings. The van der Waals surface area contributed by atoms with E-state index in [4.69, 9.17) is 9.47 Å². The SMILES string of the molecule is c1cc2ccc3ccc(CNCCOCCOCCNCc4ccc5ccc6cccc7ccc4c5c67)c4ccc(c1)c2c34. The predicted octanol–water partition coefficient (Wildman–Crippen LogP) is 8.39. The highest BCUT2D eigenvalue weighted by molar-refractivity contribution is 6.24. The van der Waals surface area contributed by atoms with E-state index in [1.54, 1.807) is 0 Å². The van der Waals surface area contributed by atoms with Gasteiger partial charge in [0.15, 0.2) is 0 Å². The van der Waals surface area contributed by atoms with E-state index in [1.165, 1.54) is 75.8 Å². The molecule has 0 unspecified atom stereocenters. The number of rotatable bonds is 13. The first kappa shape index (κ1) is 27.2. The Morgan fingerprint density at radius 3 is 1.16 bits per heavy atom. The summed E-state index contributed by atoms with van der Waals surface area (Å²) in [6.45, 7) is 5.82. The van der Waals surface area contributed by atoms with E-state index in [9.17, 15) is 0 Å². The second-order valence-electron chi connectivity index (χ2n) is 11.7. The molecule has 0 aromatic heterocycles. The number of benzene rings is 8. The Kier molecular flexibility index (Phi) is 7.42. The molecule has 218 valence electrons. The van der Waals surface area contributed by atoms with E-state index in [0.717, 1.165) is 26.2 Å². The Bertz CT molecular complexity index is 2020. The van der Waals surface area contributed by atoms with Crippen LogP contribution < -0.4 is 10.6 Å². The zero-order valence-electron chi connectivity index (χ0n) is 24.9. The number of hydrogen-bond donors (Lipinski definition) is 2. The first-order chi connectivity index (χ1) is 21.8. The molecule has 8 rings (SSSR count). The van der Waals surface area contributed by atoms with Crippen molar-refractivity contribution in [3.8, 4) is 0 Å². The molecular weight excluding hydrogens is 540 g/mol. The minimum atomic E-state index is 0.607. The highest BCUT2D eigenvalue weighted by Gasteiger charge is 2.12. The van der Waals surface area contributed by atoms with Crippen molar-refractivity contribution in [3.05, 3.63) is 120 Å². The third-order valence-electron chi connectivity index (χ3n) is 9.09. The van der Waals surface area contributed by atoms with Crippen LogP contribution in [-0.4, -0.2) is 39.5 Å². The van der Waals surface area contributed by atoms with Gasteiger partial charge in [0.25, 0.3) is 0 Å². The van der Waals surface area contributed by atoms with Crippen LogP contribution in [0.25, 0.3) is 64.6 Å². The van der Waals surface area contributed by atoms with Crippen LogP contribution in [0, 0.1) is 0 Å². The maximum atomic E-state index is 5.82. The van der Waals surface area contributed by atoms with Crippen LogP contribution in [0.2, 0.25) is 0 Å². The van der Waals surface area contributed by atoms with Gasteiger partial charge in [-0.15, -0.1) is 0 Å². The Balaban J connectivity index is 0.760. The molecule has 0 spiro atoms. The van der Waals surface area contributed by atoms with E-state index < -0.39 is 0 Å². The van der Waals surface area contributed by atoms with E-state index in [1.807, 2.05) is 0 Å². The van der Waals surface area contributed by atoms with Gasteiger partial charge in [-0.05, 0) is 75.8 Å². The Morgan fingerprint density at radius 1 is 0.364 bits per heavy atom. The Morgan fingerprint density at radius 2 is 0.727 bits per heavy atom. The maximum Gasteiger partial charge on any atom is 0.0701 e. The minimum absolute atomic E-state index is 0.607. The smallest absolute Gasteiger partial charge is 0.0701 e. The van der Waals surface area contributed by atoms with Gasteiger partial charge in [0.05, 0.1) is 26.4 Å². The Hall–Kier alpha value is -4.32. The summed E-state index contributed by atoms with van der Waals surface area (Å²) in [6.07, 6.45) is 0. The summed E-state index contributed by atoms with van der Waals surface area (Å²) in [4.78, 5) is 0. The second-order valence-corrected chi connectivity index (χ2v) is 11.7. The van der Waals surface area contributed by atoms with Crippen molar-refractivity contribution in [2.75, 3.05) is 39.5 Å². The van der Waals surface area contributed by atoms with Crippen LogP contribution in [0.1, 0.15) is 11.1 Å². The maximum absolute atomic E-state index is 5.82. The lowest BCUT2D eigenvalue weighted by atomic mass is 9.92. The fourth-order valence-electron chi connectivity index (χ4n) is 6.96. The molecule has 0 heterocycles. The molecule has 4 nitrogen and oxygen atoms in total. The number of nitrogens with one attached hydrogen (secondary N) is 2. The van der Waals surface area contributed by atoms with Crippen molar-refractivity contribution >= 4 is 64.6 Å². The molecule has 8 aromatic rings. The summed E-state index contributed by atoms with van der Waals surface area (Å²) >= 11 is 0. The van der Waals surface area contributed by atoms with Gasteiger partial charge in [0.1, 0.15) is 0 Å². The lowest BCUT2D eigenvalue weighted by Crippen LogP contribution is -2.22. The standard InChI is InChI=1S/C40H36N2O2/c1-3-27-7-9-31-11-13-33(35-17-15-29(5-1)37(27)39(31)35)25-41-19-21-43-23-24-44-22-20-42-26-34-14-12-32-10-8-28-4-2-6-30-16-18-36(34)40(32)38(28)30/h1-18,41-42H,19-26H2. The van der Waals surface area contributed by atoms with Gasteiger partial charge in [-0.25, -0.2) is 0 Å². The largest absolute Gasteiger partial charge is 0.378 e. The average Bonchev–Trinajstić information content (AvgIpc) is 3.07. The van der Waals surface area contributed by atoms with Gasteiger partial charge in [-0.3, -0.25) is 0 Å². The zero-order valence-corrected chi connectivity index (χ0v) is 24.9. The first-order valence-corrected chi connectivity index (χ1v) is 15.7. The fourth-order valence-corrected chi connectivity index (χ4v) is 6.96. The summed E-state index contributed by atoms with van der Waals surface area (Å²) in [5, 5.41) is 23.1. The number of hydrogen-bond acceptors (Lipinski definition) is 4. The topological polar surface area (TPSA) is 42.5 Å². The third-order valence-corrected chi connectivity index (χ3v) is 9.09. The van der Waals surface area contributed by atoms with Crippen molar-refractivity contribution < 1.29 is 9.47 Å². The summed E-state index contributed by atoms with van der Waals surface area (Å²) < 4.78 is 11.6. The fraction of sp³-hybridized carbons (Fsp3) is 0.200. The average molecular weight is 577 g/mol. The van der Waals surface area contributed by atoms with E-state index >= 15 is 0 Å². The van der Waals surface area contributed by atoms with Crippen molar-refractivity contribution in [1.82, 2.24) is 10.6 Å². The highest BCUT2D eigenvalue weighted by Crippen LogP contribution is 2.37. The monoisotopic (exact) mass is 576 g/mol. The van der Waals surface area contributed by atoms with Crippen LogP contribution >= 0.6 is 0 Å². The van der Waals surface area contributed by atoms with Gasteiger partial charge in [-0.1, -0.05) is 109 Å². The lowest BCUT2D eigenvalue weighted by molar-refractivity contribution is 0.0498. The molecule has 0 amide bonds. The normalized spacial score (nSPS) is 12.3. The van der Waals surface area contributed by atoms with Crippen molar-refractivity contribution in [3.63, 3.8) is 0 Å². The van der Waals surface area contributed by atoms with Crippen molar-refractivity contribution in [2.45, 2.75) is 13.1 Å². The Labute approximate surface area is 257 Å². The van der Waals surface area contributed by atoms with Crippen LogP contribution in [0.3, 0.4) is 0 Å². The molecule has 0 bridgehead atoms. The molecule has 0 aliphatic heterocycles. The van der Waals surface area contributed by atoms with Crippen molar-refractivity contribution in [1.29, 1.82) is 0 Å². The van der Waals surface area contributed by atoms with Crippen LogP contribution in [-0.2, 0) is 22.6 Å². The molecular formula is C40H36N2O2. The van der Waals surface area contributed by atoms with Gasteiger partial charge < -0.3 is 20.1 Å². The second kappa shape index (κ2) is 12.0. The zero-order chi connectivity index (χ0) is 29.3. The molecule has 2 N–H and O–H groups in total. The van der Waals surface area contributed by atoms with E-state index in [0.29, 0.717) is 26.4 Å². The van der Waals surface area contributed by atoms with Gasteiger partial charge in [0, 0.05) is 26.2 Å². The highest BCUT2D eigenvalue weighted by atomic mass is 16.5. The lowest BCUT2D eigenvalue weighted by Gasteiger charge is -2.14. The summed E-state index contributed by atoms with van der Waals surface area (Å²) in [5.74, 6) is 0. The van der Waals surface area contributed by atoms with E-state index in [-0.39, 0.29) is 0 Å². The van der Waals surface area contributed by atoms with Crippen LogP contribution in [0.15, 0.2) is 109 Å².